The van der Waals surface area contributed by atoms with Gasteiger partial charge in [-0.05, 0) is 90.6 Å². The molecule has 1 atom stereocenters. The van der Waals surface area contributed by atoms with Crippen LogP contribution >= 0.6 is 27.5 Å². The number of carbonyl (C=O) groups is 2. The predicted octanol–water partition coefficient (Wildman–Crippen LogP) is 7.33. The van der Waals surface area contributed by atoms with Crippen LogP contribution in [0.1, 0.15) is 36.1 Å². The molecular weight excluding hydrogens is 686 g/mol. The number of hydrogen-bond donors (Lipinski definition) is 1. The van der Waals surface area contributed by atoms with Crippen molar-refractivity contribution in [2.75, 3.05) is 17.4 Å². The van der Waals surface area contributed by atoms with Crippen molar-refractivity contribution in [1.82, 2.24) is 10.2 Å². The highest BCUT2D eigenvalue weighted by atomic mass is 79.9. The van der Waals surface area contributed by atoms with Crippen molar-refractivity contribution in [3.8, 4) is 0 Å². The maximum atomic E-state index is 14.6. The molecule has 4 aromatic carbocycles. The third kappa shape index (κ3) is 9.21. The predicted molar refractivity (Wildman–Crippen MR) is 188 cm³/mol. The van der Waals surface area contributed by atoms with Crippen LogP contribution in [0.3, 0.4) is 0 Å². The minimum atomic E-state index is -4.22. The zero-order chi connectivity index (χ0) is 33.4. The fraction of sp³-hybridized carbons (Fsp3) is 0.278. The van der Waals surface area contributed by atoms with Crippen LogP contribution < -0.4 is 9.62 Å². The lowest BCUT2D eigenvalue weighted by molar-refractivity contribution is -0.140. The van der Waals surface area contributed by atoms with Crippen molar-refractivity contribution in [2.24, 2.45) is 5.92 Å². The summed E-state index contributed by atoms with van der Waals surface area (Å²) >= 11 is 9.59. The number of anilines is 1. The summed E-state index contributed by atoms with van der Waals surface area (Å²) in [6, 6.07) is 27.2. The Balaban J connectivity index is 1.82. The number of hydrogen-bond acceptors (Lipinski definition) is 4. The number of benzene rings is 4. The molecule has 0 saturated carbocycles. The number of rotatable bonds is 13. The monoisotopic (exact) mass is 723 g/mol. The van der Waals surface area contributed by atoms with Gasteiger partial charge in [0, 0.05) is 29.0 Å². The van der Waals surface area contributed by atoms with E-state index in [2.05, 4.69) is 21.2 Å². The molecule has 0 aliphatic heterocycles. The molecule has 0 aliphatic carbocycles. The van der Waals surface area contributed by atoms with Crippen LogP contribution in [0.4, 0.5) is 5.69 Å². The first-order valence-electron chi connectivity index (χ1n) is 15.1. The minimum absolute atomic E-state index is 0.00280. The molecule has 0 radical (unpaired) electrons. The zero-order valence-corrected chi connectivity index (χ0v) is 29.6. The Kier molecular flexibility index (Phi) is 12.1. The van der Waals surface area contributed by atoms with Gasteiger partial charge in [-0.25, -0.2) is 8.42 Å². The summed E-state index contributed by atoms with van der Waals surface area (Å²) < 4.78 is 30.3. The van der Waals surface area contributed by atoms with Crippen molar-refractivity contribution in [1.29, 1.82) is 0 Å². The van der Waals surface area contributed by atoms with E-state index in [4.69, 9.17) is 11.6 Å². The number of sulfonamides is 1. The zero-order valence-electron chi connectivity index (χ0n) is 26.4. The van der Waals surface area contributed by atoms with E-state index in [0.717, 1.165) is 31.0 Å². The summed E-state index contributed by atoms with van der Waals surface area (Å²) in [5, 5.41) is 3.40. The summed E-state index contributed by atoms with van der Waals surface area (Å²) in [6.45, 7) is 7.83. The van der Waals surface area contributed by atoms with Gasteiger partial charge in [0.2, 0.25) is 11.8 Å². The number of nitrogens with zero attached hydrogens (tertiary/aromatic N) is 2. The summed E-state index contributed by atoms with van der Waals surface area (Å²) in [5.41, 5.74) is 3.87. The molecular formula is C36H39BrClN3O4S. The Labute approximate surface area is 285 Å². The summed E-state index contributed by atoms with van der Waals surface area (Å²) in [7, 11) is -4.22. The number of carbonyl (C=O) groups excluding carboxylic acids is 2. The Morgan fingerprint density at radius 2 is 1.52 bits per heavy atom. The van der Waals surface area contributed by atoms with Crippen LogP contribution in [-0.2, 0) is 32.6 Å². The Morgan fingerprint density at radius 3 is 2.15 bits per heavy atom. The fourth-order valence-electron chi connectivity index (χ4n) is 4.95. The van der Waals surface area contributed by atoms with E-state index in [1.165, 1.54) is 29.2 Å². The Bertz CT molecular complexity index is 1770. The molecule has 1 unspecified atom stereocenters. The van der Waals surface area contributed by atoms with Gasteiger partial charge in [0.05, 0.1) is 10.6 Å². The molecule has 242 valence electrons. The van der Waals surface area contributed by atoms with E-state index in [0.29, 0.717) is 17.3 Å². The number of nitrogens with one attached hydrogen (secondary N) is 1. The van der Waals surface area contributed by atoms with Crippen LogP contribution in [-0.4, -0.2) is 44.3 Å². The number of halogens is 2. The van der Waals surface area contributed by atoms with Crippen LogP contribution in [0.2, 0.25) is 5.02 Å². The van der Waals surface area contributed by atoms with Crippen molar-refractivity contribution in [2.45, 2.75) is 51.6 Å². The Hall–Kier alpha value is -3.66. The molecule has 0 aromatic heterocycles. The fourth-order valence-corrected chi connectivity index (χ4v) is 6.93. The molecule has 0 spiro atoms. The molecule has 0 fully saturated rings. The van der Waals surface area contributed by atoms with E-state index in [9.17, 15) is 18.0 Å². The molecule has 2 amide bonds. The minimum Gasteiger partial charge on any atom is -0.354 e. The lowest BCUT2D eigenvalue weighted by Crippen LogP contribution is -2.53. The summed E-state index contributed by atoms with van der Waals surface area (Å²) in [6.07, 6.45) is 0.248. The van der Waals surface area contributed by atoms with Gasteiger partial charge in [-0.3, -0.25) is 13.9 Å². The average Bonchev–Trinajstić information content (AvgIpc) is 3.02. The van der Waals surface area contributed by atoms with Crippen LogP contribution in [0.5, 0.6) is 0 Å². The van der Waals surface area contributed by atoms with Gasteiger partial charge >= 0.3 is 0 Å². The molecule has 0 saturated heterocycles. The van der Waals surface area contributed by atoms with Crippen LogP contribution in [0.15, 0.2) is 106 Å². The molecule has 4 rings (SSSR count). The third-order valence-corrected chi connectivity index (χ3v) is 10.2. The topological polar surface area (TPSA) is 86.8 Å². The molecule has 4 aromatic rings. The van der Waals surface area contributed by atoms with E-state index >= 15 is 0 Å². The summed E-state index contributed by atoms with van der Waals surface area (Å²) in [5.74, 6) is -0.629. The maximum Gasteiger partial charge on any atom is 0.264 e. The van der Waals surface area contributed by atoms with Gasteiger partial charge in [-0.1, -0.05) is 89.9 Å². The van der Waals surface area contributed by atoms with Gasteiger partial charge in [0.25, 0.3) is 10.0 Å². The molecule has 0 bridgehead atoms. The second kappa shape index (κ2) is 15.8. The molecule has 7 nitrogen and oxygen atoms in total. The summed E-state index contributed by atoms with van der Waals surface area (Å²) in [4.78, 5) is 30.0. The second-order valence-corrected chi connectivity index (χ2v) is 14.9. The standard InChI is InChI=1S/C36H39BrClN3O4S/c1-25(2)22-39-36(43)34(21-28-9-6-5-7-10-28)40(23-29-11-8-12-30(37)20-29)35(42)24-41(32-16-13-26(3)27(4)19-32)46(44,45)33-17-14-31(38)15-18-33/h5-20,25,34H,21-24H2,1-4H3,(H,39,43). The quantitative estimate of drug-likeness (QED) is 0.157. The second-order valence-electron chi connectivity index (χ2n) is 11.7. The molecule has 1 N–H and O–H groups in total. The van der Waals surface area contributed by atoms with Crippen LogP contribution in [0, 0.1) is 19.8 Å². The number of aryl methyl sites for hydroxylation is 2. The van der Waals surface area contributed by atoms with Crippen molar-refractivity contribution < 1.29 is 18.0 Å². The molecule has 0 heterocycles. The third-order valence-electron chi connectivity index (χ3n) is 7.66. The highest BCUT2D eigenvalue weighted by Crippen LogP contribution is 2.28. The van der Waals surface area contributed by atoms with Gasteiger partial charge < -0.3 is 10.2 Å². The normalized spacial score (nSPS) is 12.1. The molecule has 10 heteroatoms. The SMILES string of the molecule is Cc1ccc(N(CC(=O)N(Cc2cccc(Br)c2)C(Cc2ccccc2)C(=O)NCC(C)C)S(=O)(=O)c2ccc(Cl)cc2)cc1C. The first kappa shape index (κ1) is 35.2. The highest BCUT2D eigenvalue weighted by Gasteiger charge is 2.34. The lowest BCUT2D eigenvalue weighted by Gasteiger charge is -2.34. The van der Waals surface area contributed by atoms with Crippen LogP contribution in [0.25, 0.3) is 0 Å². The maximum absolute atomic E-state index is 14.6. The van der Waals surface area contributed by atoms with Crippen molar-refractivity contribution in [3.05, 3.63) is 129 Å². The first-order valence-corrected chi connectivity index (χ1v) is 17.7. The lowest BCUT2D eigenvalue weighted by atomic mass is 10.0. The van der Waals surface area contributed by atoms with E-state index in [-0.39, 0.29) is 29.7 Å². The van der Waals surface area contributed by atoms with Gasteiger partial charge in [0.15, 0.2) is 0 Å². The average molecular weight is 725 g/mol. The highest BCUT2D eigenvalue weighted by molar-refractivity contribution is 9.10. The Morgan fingerprint density at radius 1 is 0.848 bits per heavy atom. The largest absolute Gasteiger partial charge is 0.354 e. The molecule has 0 aliphatic rings. The van der Waals surface area contributed by atoms with Gasteiger partial charge in [0.1, 0.15) is 12.6 Å². The van der Waals surface area contributed by atoms with Gasteiger partial charge in [-0.15, -0.1) is 0 Å². The van der Waals surface area contributed by atoms with E-state index < -0.39 is 28.5 Å². The number of amides is 2. The van der Waals surface area contributed by atoms with Gasteiger partial charge in [-0.2, -0.15) is 0 Å². The smallest absolute Gasteiger partial charge is 0.264 e. The van der Waals surface area contributed by atoms with Crippen molar-refractivity contribution in [3.63, 3.8) is 0 Å². The van der Waals surface area contributed by atoms with E-state index in [1.807, 2.05) is 88.4 Å². The first-order chi connectivity index (χ1) is 21.8. The van der Waals surface area contributed by atoms with Crippen molar-refractivity contribution >= 4 is 55.1 Å². The van der Waals surface area contributed by atoms with E-state index in [1.54, 1.807) is 12.1 Å². The molecule has 46 heavy (non-hydrogen) atoms.